The van der Waals surface area contributed by atoms with E-state index in [0.717, 1.165) is 0 Å². The van der Waals surface area contributed by atoms with E-state index < -0.39 is 6.10 Å². The third kappa shape index (κ3) is 4.89. The van der Waals surface area contributed by atoms with Gasteiger partial charge in [-0.1, -0.05) is 13.8 Å². The van der Waals surface area contributed by atoms with Crippen LogP contribution in [-0.4, -0.2) is 30.8 Å². The second-order valence-electron chi connectivity index (χ2n) is 4.69. The smallest absolute Gasteiger partial charge is 0.287 e. The van der Waals surface area contributed by atoms with Gasteiger partial charge in [-0.2, -0.15) is 0 Å². The topological polar surface area (TPSA) is 71.7 Å². The predicted molar refractivity (Wildman–Crippen MR) is 67.2 cm³/mol. The van der Waals surface area contributed by atoms with Crippen molar-refractivity contribution >= 4 is 5.91 Å². The van der Waals surface area contributed by atoms with Crippen LogP contribution >= 0.6 is 0 Å². The lowest BCUT2D eigenvalue weighted by atomic mass is 10.1. The lowest BCUT2D eigenvalue weighted by Gasteiger charge is -2.13. The molecule has 2 N–H and O–H groups in total. The average Bonchev–Trinajstić information content (AvgIpc) is 2.74. The lowest BCUT2D eigenvalue weighted by molar-refractivity contribution is 0.0866. The summed E-state index contributed by atoms with van der Waals surface area (Å²) in [5.41, 5.74) is 0. The molecule has 0 fully saturated rings. The van der Waals surface area contributed by atoms with Crippen LogP contribution in [0.5, 0.6) is 0 Å². The van der Waals surface area contributed by atoms with Gasteiger partial charge in [-0.3, -0.25) is 4.79 Å². The Kier molecular flexibility index (Phi) is 5.88. The Bertz CT molecular complexity index is 373. The van der Waals surface area contributed by atoms with Crippen LogP contribution in [0.25, 0.3) is 0 Å². The summed E-state index contributed by atoms with van der Waals surface area (Å²) in [5.74, 6) is 0.915. The number of carbonyl (C=O) groups excluding carboxylic acids is 1. The monoisotopic (exact) mass is 255 g/mol. The van der Waals surface area contributed by atoms with Gasteiger partial charge in [0, 0.05) is 13.7 Å². The summed E-state index contributed by atoms with van der Waals surface area (Å²) in [6, 6.07) is 3.29. The molecule has 1 unspecified atom stereocenters. The summed E-state index contributed by atoms with van der Waals surface area (Å²) in [6.07, 6.45) is 0.134. The molecule has 0 aliphatic carbocycles. The van der Waals surface area contributed by atoms with Crippen LogP contribution < -0.4 is 5.32 Å². The number of amides is 1. The first-order valence-electron chi connectivity index (χ1n) is 6.06. The van der Waals surface area contributed by atoms with E-state index in [0.29, 0.717) is 24.7 Å². The van der Waals surface area contributed by atoms with Crippen molar-refractivity contribution < 1.29 is 19.1 Å². The summed E-state index contributed by atoms with van der Waals surface area (Å²) in [7, 11) is 1.56. The quantitative estimate of drug-likeness (QED) is 0.775. The van der Waals surface area contributed by atoms with Gasteiger partial charge >= 0.3 is 0 Å². The van der Waals surface area contributed by atoms with Gasteiger partial charge in [-0.05, 0) is 24.5 Å². The Hall–Kier alpha value is -1.33. The Morgan fingerprint density at radius 3 is 2.83 bits per heavy atom. The van der Waals surface area contributed by atoms with E-state index >= 15 is 0 Å². The molecule has 1 aromatic heterocycles. The second-order valence-corrected chi connectivity index (χ2v) is 4.69. The zero-order chi connectivity index (χ0) is 13.5. The molecule has 1 heterocycles. The largest absolute Gasteiger partial charge is 0.453 e. The SMILES string of the molecule is COCc1ccc(C(=O)NCC(O)CC(C)C)o1. The number of aliphatic hydroxyl groups excluding tert-OH is 1. The molecule has 0 saturated heterocycles. The normalized spacial score (nSPS) is 12.7. The maximum Gasteiger partial charge on any atom is 0.287 e. The standard InChI is InChI=1S/C13H21NO4/c1-9(2)6-10(15)7-14-13(16)12-5-4-11(18-12)8-17-3/h4-5,9-10,15H,6-8H2,1-3H3,(H,14,16). The minimum atomic E-state index is -0.526. The Morgan fingerprint density at radius 2 is 2.22 bits per heavy atom. The molecular weight excluding hydrogens is 234 g/mol. The van der Waals surface area contributed by atoms with E-state index in [9.17, 15) is 9.90 Å². The third-order valence-corrected chi connectivity index (χ3v) is 2.41. The van der Waals surface area contributed by atoms with Crippen LogP contribution in [0.4, 0.5) is 0 Å². The number of furan rings is 1. The molecule has 1 rings (SSSR count). The maximum absolute atomic E-state index is 11.7. The second kappa shape index (κ2) is 7.18. The van der Waals surface area contributed by atoms with Crippen LogP contribution in [0.1, 0.15) is 36.6 Å². The molecular formula is C13H21NO4. The highest BCUT2D eigenvalue weighted by Gasteiger charge is 2.13. The van der Waals surface area contributed by atoms with E-state index in [1.807, 2.05) is 13.8 Å². The predicted octanol–water partition coefficient (Wildman–Crippen LogP) is 1.56. The van der Waals surface area contributed by atoms with Crippen molar-refractivity contribution in [1.82, 2.24) is 5.32 Å². The molecule has 0 radical (unpaired) electrons. The van der Waals surface area contributed by atoms with Crippen LogP contribution in [0, 0.1) is 5.92 Å². The molecule has 0 aliphatic rings. The van der Waals surface area contributed by atoms with Crippen LogP contribution in [0.15, 0.2) is 16.5 Å². The zero-order valence-electron chi connectivity index (χ0n) is 11.1. The molecule has 1 atom stereocenters. The Balaban J connectivity index is 2.40. The van der Waals surface area contributed by atoms with Gasteiger partial charge < -0.3 is 19.6 Å². The van der Waals surface area contributed by atoms with Gasteiger partial charge in [0.15, 0.2) is 5.76 Å². The van der Waals surface area contributed by atoms with Gasteiger partial charge in [-0.15, -0.1) is 0 Å². The lowest BCUT2D eigenvalue weighted by Crippen LogP contribution is -2.32. The summed E-state index contributed by atoms with van der Waals surface area (Å²) < 4.78 is 10.2. The molecule has 0 saturated carbocycles. The first kappa shape index (κ1) is 14.7. The summed E-state index contributed by atoms with van der Waals surface area (Å²) in [6.45, 7) is 4.61. The minimum Gasteiger partial charge on any atom is -0.453 e. The van der Waals surface area contributed by atoms with Crippen LogP contribution in [-0.2, 0) is 11.3 Å². The molecule has 102 valence electrons. The Labute approximate surface area is 107 Å². The molecule has 18 heavy (non-hydrogen) atoms. The van der Waals surface area contributed by atoms with Gasteiger partial charge in [-0.25, -0.2) is 0 Å². The fourth-order valence-corrected chi connectivity index (χ4v) is 1.64. The molecule has 5 heteroatoms. The number of ether oxygens (including phenoxy) is 1. The molecule has 0 spiro atoms. The molecule has 5 nitrogen and oxygen atoms in total. The van der Waals surface area contributed by atoms with Gasteiger partial charge in [0.2, 0.25) is 0 Å². The number of hydrogen-bond donors (Lipinski definition) is 2. The molecule has 0 aliphatic heterocycles. The van der Waals surface area contributed by atoms with Crippen molar-refractivity contribution in [3.05, 3.63) is 23.7 Å². The van der Waals surface area contributed by atoms with E-state index in [-0.39, 0.29) is 18.2 Å². The van der Waals surface area contributed by atoms with Crippen molar-refractivity contribution in [3.63, 3.8) is 0 Å². The number of carbonyl (C=O) groups is 1. The van der Waals surface area contributed by atoms with Crippen molar-refractivity contribution in [2.45, 2.75) is 33.0 Å². The zero-order valence-corrected chi connectivity index (χ0v) is 11.1. The van der Waals surface area contributed by atoms with Crippen molar-refractivity contribution in [2.24, 2.45) is 5.92 Å². The maximum atomic E-state index is 11.7. The highest BCUT2D eigenvalue weighted by molar-refractivity contribution is 5.91. The number of hydrogen-bond acceptors (Lipinski definition) is 4. The number of aliphatic hydroxyl groups is 1. The summed E-state index contributed by atoms with van der Waals surface area (Å²) in [4.78, 5) is 11.7. The van der Waals surface area contributed by atoms with E-state index in [4.69, 9.17) is 9.15 Å². The fraction of sp³-hybridized carbons (Fsp3) is 0.615. The molecule has 0 aromatic carbocycles. The molecule has 0 bridgehead atoms. The highest BCUT2D eigenvalue weighted by atomic mass is 16.5. The van der Waals surface area contributed by atoms with Gasteiger partial charge in [0.1, 0.15) is 12.4 Å². The fourth-order valence-electron chi connectivity index (χ4n) is 1.64. The van der Waals surface area contributed by atoms with Crippen molar-refractivity contribution in [3.8, 4) is 0 Å². The first-order valence-corrected chi connectivity index (χ1v) is 6.06. The Morgan fingerprint density at radius 1 is 1.50 bits per heavy atom. The van der Waals surface area contributed by atoms with Gasteiger partial charge in [0.05, 0.1) is 6.10 Å². The number of nitrogens with one attached hydrogen (secondary N) is 1. The van der Waals surface area contributed by atoms with Crippen LogP contribution in [0.2, 0.25) is 0 Å². The van der Waals surface area contributed by atoms with E-state index in [2.05, 4.69) is 5.32 Å². The minimum absolute atomic E-state index is 0.233. The molecule has 1 amide bonds. The first-order chi connectivity index (χ1) is 8.52. The average molecular weight is 255 g/mol. The molecule has 1 aromatic rings. The number of methoxy groups -OCH3 is 1. The highest BCUT2D eigenvalue weighted by Crippen LogP contribution is 2.09. The van der Waals surface area contributed by atoms with E-state index in [1.54, 1.807) is 19.2 Å². The van der Waals surface area contributed by atoms with Crippen LogP contribution in [0.3, 0.4) is 0 Å². The third-order valence-electron chi connectivity index (χ3n) is 2.41. The summed E-state index contributed by atoms with van der Waals surface area (Å²) >= 11 is 0. The van der Waals surface area contributed by atoms with E-state index in [1.165, 1.54) is 0 Å². The van der Waals surface area contributed by atoms with Gasteiger partial charge in [0.25, 0.3) is 5.91 Å². The van der Waals surface area contributed by atoms with Crippen molar-refractivity contribution in [1.29, 1.82) is 0 Å². The van der Waals surface area contributed by atoms with Crippen molar-refractivity contribution in [2.75, 3.05) is 13.7 Å². The number of rotatable bonds is 7. The summed E-state index contributed by atoms with van der Waals surface area (Å²) in [5, 5.41) is 12.3.